The first-order valence-corrected chi connectivity index (χ1v) is 13.4. The molecule has 1 aliphatic carbocycles. The fourth-order valence-electron chi connectivity index (χ4n) is 5.14. The first-order chi connectivity index (χ1) is 18.8. The molecule has 0 spiro atoms. The third-order valence-corrected chi connectivity index (χ3v) is 7.64. The van der Waals surface area contributed by atoms with E-state index in [4.69, 9.17) is 4.74 Å². The molecular formula is C28H33FN8O2. The van der Waals surface area contributed by atoms with Crippen LogP contribution >= 0.6 is 0 Å². The van der Waals surface area contributed by atoms with Crippen molar-refractivity contribution in [3.8, 4) is 22.8 Å². The minimum atomic E-state index is -0.549. The summed E-state index contributed by atoms with van der Waals surface area (Å²) in [6.45, 7) is 10.0. The molecule has 2 fully saturated rings. The lowest BCUT2D eigenvalue weighted by Gasteiger charge is -2.38. The number of halogens is 1. The minimum absolute atomic E-state index is 0.00338. The summed E-state index contributed by atoms with van der Waals surface area (Å²) in [5.41, 5.74) is 4.36. The van der Waals surface area contributed by atoms with E-state index in [1.807, 2.05) is 16.7 Å². The van der Waals surface area contributed by atoms with Gasteiger partial charge in [0.25, 0.3) is 5.91 Å². The van der Waals surface area contributed by atoms with Crippen LogP contribution in [0.25, 0.3) is 22.7 Å². The van der Waals surface area contributed by atoms with Crippen molar-refractivity contribution in [2.45, 2.75) is 45.7 Å². The highest BCUT2D eigenvalue weighted by molar-refractivity contribution is 5.95. The monoisotopic (exact) mass is 532 g/mol. The van der Waals surface area contributed by atoms with Crippen molar-refractivity contribution in [2.24, 2.45) is 0 Å². The summed E-state index contributed by atoms with van der Waals surface area (Å²) >= 11 is 0. The summed E-state index contributed by atoms with van der Waals surface area (Å²) in [6, 6.07) is 5.50. The molecule has 204 valence electrons. The smallest absolute Gasteiger partial charge is 0.254 e. The Kier molecular flexibility index (Phi) is 6.46. The molecule has 6 rings (SSSR count). The molecule has 1 saturated carbocycles. The maximum atomic E-state index is 14.6. The zero-order chi connectivity index (χ0) is 27.3. The number of aryl methyl sites for hydroxylation is 1. The van der Waals surface area contributed by atoms with Gasteiger partial charge in [0.1, 0.15) is 22.9 Å². The fraction of sp³-hybridized carbons (Fsp3) is 0.429. The third kappa shape index (κ3) is 4.82. The highest BCUT2D eigenvalue weighted by atomic mass is 19.1. The number of imidazole rings is 1. The second-order valence-corrected chi connectivity index (χ2v) is 10.6. The number of hydrogen-bond acceptors (Lipinski definition) is 7. The van der Waals surface area contributed by atoms with Gasteiger partial charge in [0.2, 0.25) is 0 Å². The molecule has 4 aromatic rings. The Morgan fingerprint density at radius 3 is 2.56 bits per heavy atom. The molecule has 10 nitrogen and oxygen atoms in total. The molecule has 1 N–H and O–H groups in total. The highest BCUT2D eigenvalue weighted by Gasteiger charge is 2.26. The van der Waals surface area contributed by atoms with Crippen LogP contribution in [-0.2, 0) is 0 Å². The Hall–Kier alpha value is -3.99. The van der Waals surface area contributed by atoms with Gasteiger partial charge in [-0.05, 0) is 51.3 Å². The van der Waals surface area contributed by atoms with Crippen LogP contribution < -0.4 is 15.0 Å². The van der Waals surface area contributed by atoms with Crippen molar-refractivity contribution in [1.29, 1.82) is 0 Å². The summed E-state index contributed by atoms with van der Waals surface area (Å²) in [4.78, 5) is 22.0. The topological polar surface area (TPSA) is 92.8 Å². The number of pyridine rings is 1. The van der Waals surface area contributed by atoms with E-state index in [1.165, 1.54) is 12.1 Å². The predicted octanol–water partition coefficient (Wildman–Crippen LogP) is 3.46. The molecule has 2 aliphatic rings. The quantitative estimate of drug-likeness (QED) is 0.390. The third-order valence-electron chi connectivity index (χ3n) is 7.64. The summed E-state index contributed by atoms with van der Waals surface area (Å²) < 4.78 is 24.0. The van der Waals surface area contributed by atoms with Gasteiger partial charge in [-0.1, -0.05) is 5.21 Å². The Labute approximate surface area is 226 Å². The first kappa shape index (κ1) is 25.3. The zero-order valence-electron chi connectivity index (χ0n) is 22.7. The van der Waals surface area contributed by atoms with E-state index in [2.05, 4.69) is 44.3 Å². The molecule has 0 radical (unpaired) electrons. The van der Waals surface area contributed by atoms with Crippen LogP contribution in [0.4, 0.5) is 10.1 Å². The molecule has 11 heteroatoms. The van der Waals surface area contributed by atoms with Crippen LogP contribution in [-0.4, -0.2) is 80.6 Å². The maximum Gasteiger partial charge on any atom is 0.254 e. The van der Waals surface area contributed by atoms with Crippen molar-refractivity contribution in [3.63, 3.8) is 0 Å². The van der Waals surface area contributed by atoms with Gasteiger partial charge in [0.05, 0.1) is 42.1 Å². The summed E-state index contributed by atoms with van der Waals surface area (Å²) in [5, 5.41) is 11.6. The lowest BCUT2D eigenvalue weighted by Crippen LogP contribution is -2.49. The van der Waals surface area contributed by atoms with E-state index in [0.29, 0.717) is 23.0 Å². The number of benzene rings is 1. The zero-order valence-corrected chi connectivity index (χ0v) is 22.7. The van der Waals surface area contributed by atoms with Crippen molar-refractivity contribution in [1.82, 2.24) is 34.6 Å². The van der Waals surface area contributed by atoms with Gasteiger partial charge in [0, 0.05) is 50.5 Å². The number of aromatic nitrogens is 5. The summed E-state index contributed by atoms with van der Waals surface area (Å²) in [5.74, 6) is -0.179. The Morgan fingerprint density at radius 2 is 1.87 bits per heavy atom. The van der Waals surface area contributed by atoms with E-state index in [1.54, 1.807) is 31.1 Å². The second-order valence-electron chi connectivity index (χ2n) is 10.6. The van der Waals surface area contributed by atoms with Gasteiger partial charge in [0.15, 0.2) is 0 Å². The van der Waals surface area contributed by atoms with E-state index >= 15 is 0 Å². The minimum Gasteiger partial charge on any atom is -0.494 e. The van der Waals surface area contributed by atoms with E-state index in [9.17, 15) is 9.18 Å². The maximum absolute atomic E-state index is 14.6. The number of nitrogens with one attached hydrogen (secondary N) is 1. The lowest BCUT2D eigenvalue weighted by molar-refractivity contribution is 0.0947. The average Bonchev–Trinajstić information content (AvgIpc) is 3.44. The molecule has 1 saturated heterocycles. The van der Waals surface area contributed by atoms with Crippen LogP contribution in [0.1, 0.15) is 42.6 Å². The molecule has 0 unspecified atom stereocenters. The Balaban J connectivity index is 1.33. The van der Waals surface area contributed by atoms with Crippen LogP contribution in [0.15, 0.2) is 36.8 Å². The molecule has 39 heavy (non-hydrogen) atoms. The summed E-state index contributed by atoms with van der Waals surface area (Å²) in [7, 11) is 1.68. The standard InChI is InChI=1S/C28H33FN8O2/c1-17(2)34-7-9-35(10-8-34)25-16-36-24(14-30-27(36)13-26(25)39-4)22-15-37(33-32-22)23-12-20(21(29)11-18(23)3)28(38)31-19-5-6-19/h11-17,19H,5-10H2,1-4H3,(H,31,38). The lowest BCUT2D eigenvalue weighted by atomic mass is 10.1. The number of methoxy groups -OCH3 is 1. The SMILES string of the molecule is COc1cc2ncc(-c3cn(-c4cc(C(=O)NC5CC5)c(F)cc4C)nn3)n2cc1N1CCN(C(C)C)CC1. The van der Waals surface area contributed by atoms with Gasteiger partial charge < -0.3 is 15.0 Å². The van der Waals surface area contributed by atoms with Crippen LogP contribution in [0.2, 0.25) is 0 Å². The number of piperazine rings is 1. The van der Waals surface area contributed by atoms with E-state index in [-0.39, 0.29) is 11.6 Å². The number of rotatable bonds is 7. The number of fused-ring (bicyclic) bond motifs is 1. The Morgan fingerprint density at radius 1 is 1.10 bits per heavy atom. The van der Waals surface area contributed by atoms with Crippen LogP contribution in [0, 0.1) is 12.7 Å². The first-order valence-electron chi connectivity index (χ1n) is 13.4. The van der Waals surface area contributed by atoms with E-state index in [0.717, 1.165) is 61.8 Å². The molecule has 0 atom stereocenters. The van der Waals surface area contributed by atoms with Gasteiger partial charge in [-0.3, -0.25) is 14.1 Å². The number of carbonyl (C=O) groups excluding carboxylic acids is 1. The number of carbonyl (C=O) groups is 1. The Bertz CT molecular complexity index is 1530. The number of anilines is 1. The van der Waals surface area contributed by atoms with Crippen LogP contribution in [0.5, 0.6) is 5.75 Å². The predicted molar refractivity (Wildman–Crippen MR) is 146 cm³/mol. The van der Waals surface area contributed by atoms with Gasteiger partial charge in [-0.15, -0.1) is 5.10 Å². The molecule has 4 heterocycles. The molecule has 3 aromatic heterocycles. The van der Waals surface area contributed by atoms with Crippen molar-refractivity contribution in [2.75, 3.05) is 38.2 Å². The molecule has 0 bridgehead atoms. The average molecular weight is 533 g/mol. The van der Waals surface area contributed by atoms with E-state index < -0.39 is 11.7 Å². The van der Waals surface area contributed by atoms with Crippen molar-refractivity contribution >= 4 is 17.2 Å². The normalized spacial score (nSPS) is 16.3. The van der Waals surface area contributed by atoms with Crippen molar-refractivity contribution < 1.29 is 13.9 Å². The van der Waals surface area contributed by atoms with Gasteiger partial charge in [-0.25, -0.2) is 14.1 Å². The molecule has 1 aromatic carbocycles. The van der Waals surface area contributed by atoms with Crippen LogP contribution in [0.3, 0.4) is 0 Å². The molecular weight excluding hydrogens is 499 g/mol. The highest BCUT2D eigenvalue weighted by Crippen LogP contribution is 2.33. The van der Waals surface area contributed by atoms with Gasteiger partial charge >= 0.3 is 0 Å². The largest absolute Gasteiger partial charge is 0.494 e. The molecule has 1 aliphatic heterocycles. The van der Waals surface area contributed by atoms with Gasteiger partial charge in [-0.2, -0.15) is 0 Å². The summed E-state index contributed by atoms with van der Waals surface area (Å²) in [6.07, 6.45) is 7.44. The fourth-order valence-corrected chi connectivity index (χ4v) is 5.14. The number of hydrogen-bond donors (Lipinski definition) is 1. The molecule has 1 amide bonds. The number of amides is 1. The number of nitrogens with zero attached hydrogens (tertiary/aromatic N) is 7. The second kappa shape index (κ2) is 9.96. The number of ether oxygens (including phenoxy) is 1. The van der Waals surface area contributed by atoms with Crippen molar-refractivity contribution in [3.05, 3.63) is 53.7 Å².